The van der Waals surface area contributed by atoms with E-state index in [1.54, 1.807) is 6.07 Å². The topological polar surface area (TPSA) is 99.1 Å². The summed E-state index contributed by atoms with van der Waals surface area (Å²) in [6, 6.07) is 13.1. The minimum atomic E-state index is -4.26. The third-order valence-corrected chi connectivity index (χ3v) is 7.87. The van der Waals surface area contributed by atoms with Gasteiger partial charge in [0.2, 0.25) is 0 Å². The largest absolute Gasteiger partial charge is 0.388 e. The van der Waals surface area contributed by atoms with Crippen LogP contribution in [-0.2, 0) is 21.3 Å². The molecule has 1 fully saturated rings. The van der Waals surface area contributed by atoms with Crippen molar-refractivity contribution in [2.24, 2.45) is 11.3 Å². The first-order valence-electron chi connectivity index (χ1n) is 13.0. The molecule has 0 amide bonds. The predicted molar refractivity (Wildman–Crippen MR) is 145 cm³/mol. The van der Waals surface area contributed by atoms with Gasteiger partial charge in [-0.1, -0.05) is 39.8 Å². The SMILES string of the molecule is CC1(CN2CCC(O)c3cc(S(=O)(=O)O)ccc32)CCOCC1.CCc1ccc(NCC(C)C)cc1. The highest BCUT2D eigenvalue weighted by atomic mass is 32.2. The van der Waals surface area contributed by atoms with Gasteiger partial charge in [-0.25, -0.2) is 0 Å². The Morgan fingerprint density at radius 2 is 1.81 bits per heavy atom. The molecule has 4 rings (SSSR count). The molecule has 2 aliphatic rings. The first kappa shape index (κ1) is 28.4. The van der Waals surface area contributed by atoms with Gasteiger partial charge in [-0.05, 0) is 72.9 Å². The number of anilines is 2. The molecule has 1 atom stereocenters. The van der Waals surface area contributed by atoms with Crippen molar-refractivity contribution in [1.82, 2.24) is 0 Å². The van der Waals surface area contributed by atoms with Crippen molar-refractivity contribution in [3.8, 4) is 0 Å². The molecule has 0 radical (unpaired) electrons. The summed E-state index contributed by atoms with van der Waals surface area (Å²) in [5.74, 6) is 0.700. The normalized spacial score (nSPS) is 19.3. The van der Waals surface area contributed by atoms with E-state index in [1.807, 2.05) is 0 Å². The van der Waals surface area contributed by atoms with Crippen LogP contribution in [0.4, 0.5) is 11.4 Å². The molecule has 2 heterocycles. The third kappa shape index (κ3) is 7.93. The lowest BCUT2D eigenvalue weighted by molar-refractivity contribution is 0.0265. The summed E-state index contributed by atoms with van der Waals surface area (Å²) >= 11 is 0. The number of aliphatic hydroxyl groups excluding tert-OH is 1. The highest BCUT2D eigenvalue weighted by Gasteiger charge is 2.33. The molecule has 0 aromatic heterocycles. The molecule has 3 N–H and O–H groups in total. The van der Waals surface area contributed by atoms with Gasteiger partial charge in [0, 0.05) is 49.8 Å². The van der Waals surface area contributed by atoms with Gasteiger partial charge in [0.05, 0.1) is 11.0 Å². The molecule has 200 valence electrons. The summed E-state index contributed by atoms with van der Waals surface area (Å²) in [4.78, 5) is 2.04. The average molecular weight is 519 g/mol. The molecular weight excluding hydrogens is 476 g/mol. The smallest absolute Gasteiger partial charge is 0.294 e. The highest BCUT2D eigenvalue weighted by molar-refractivity contribution is 7.85. The molecule has 7 nitrogen and oxygen atoms in total. The lowest BCUT2D eigenvalue weighted by atomic mass is 9.81. The zero-order valence-corrected chi connectivity index (χ0v) is 22.9. The Morgan fingerprint density at radius 3 is 2.39 bits per heavy atom. The first-order valence-corrected chi connectivity index (χ1v) is 14.4. The van der Waals surface area contributed by atoms with Gasteiger partial charge in [-0.15, -0.1) is 0 Å². The number of ether oxygens (including phenoxy) is 1. The number of fused-ring (bicyclic) bond motifs is 1. The van der Waals surface area contributed by atoms with Crippen LogP contribution in [0.2, 0.25) is 0 Å². The Labute approximate surface area is 216 Å². The average Bonchev–Trinajstić information content (AvgIpc) is 2.85. The molecule has 1 unspecified atom stereocenters. The van der Waals surface area contributed by atoms with Crippen LogP contribution in [0, 0.1) is 11.3 Å². The van der Waals surface area contributed by atoms with E-state index >= 15 is 0 Å². The Balaban J connectivity index is 0.000000236. The molecule has 0 saturated carbocycles. The number of aliphatic hydroxyl groups is 1. The van der Waals surface area contributed by atoms with E-state index in [-0.39, 0.29) is 10.3 Å². The maximum atomic E-state index is 11.3. The Morgan fingerprint density at radius 1 is 1.14 bits per heavy atom. The van der Waals surface area contributed by atoms with Gasteiger partial charge < -0.3 is 20.1 Å². The predicted octanol–water partition coefficient (Wildman–Crippen LogP) is 5.31. The quantitative estimate of drug-likeness (QED) is 0.427. The van der Waals surface area contributed by atoms with E-state index in [4.69, 9.17) is 4.74 Å². The van der Waals surface area contributed by atoms with Crippen molar-refractivity contribution < 1.29 is 22.8 Å². The minimum Gasteiger partial charge on any atom is -0.388 e. The number of rotatable bonds is 7. The number of hydrogen-bond acceptors (Lipinski definition) is 6. The molecular formula is C28H42N2O5S. The van der Waals surface area contributed by atoms with Gasteiger partial charge in [0.25, 0.3) is 10.1 Å². The van der Waals surface area contributed by atoms with Gasteiger partial charge >= 0.3 is 0 Å². The van der Waals surface area contributed by atoms with Crippen molar-refractivity contribution in [1.29, 1.82) is 0 Å². The van der Waals surface area contributed by atoms with E-state index in [2.05, 4.69) is 62.2 Å². The van der Waals surface area contributed by atoms with Crippen molar-refractivity contribution >= 4 is 21.5 Å². The summed E-state index contributed by atoms with van der Waals surface area (Å²) in [6.45, 7) is 13.0. The van der Waals surface area contributed by atoms with Gasteiger partial charge in [0.1, 0.15) is 0 Å². The van der Waals surface area contributed by atoms with Crippen molar-refractivity contribution in [3.63, 3.8) is 0 Å². The molecule has 2 aromatic rings. The number of nitrogens with one attached hydrogen (secondary N) is 1. The van der Waals surface area contributed by atoms with Crippen LogP contribution in [-0.4, -0.2) is 50.9 Å². The summed E-state index contributed by atoms with van der Waals surface area (Å²) in [5.41, 5.74) is 4.20. The lowest BCUT2D eigenvalue weighted by Crippen LogP contribution is -2.42. The number of aryl methyl sites for hydroxylation is 1. The zero-order valence-electron chi connectivity index (χ0n) is 22.0. The fraction of sp³-hybridized carbons (Fsp3) is 0.571. The van der Waals surface area contributed by atoms with Crippen LogP contribution in [0.25, 0.3) is 0 Å². The molecule has 2 aliphatic heterocycles. The van der Waals surface area contributed by atoms with Crippen LogP contribution < -0.4 is 10.2 Å². The van der Waals surface area contributed by atoms with Crippen molar-refractivity contribution in [3.05, 3.63) is 53.6 Å². The van der Waals surface area contributed by atoms with Crippen LogP contribution >= 0.6 is 0 Å². The maximum absolute atomic E-state index is 11.3. The summed E-state index contributed by atoms with van der Waals surface area (Å²) in [7, 11) is -4.26. The fourth-order valence-corrected chi connectivity index (χ4v) is 5.15. The number of benzene rings is 2. The van der Waals surface area contributed by atoms with E-state index in [9.17, 15) is 18.1 Å². The molecule has 36 heavy (non-hydrogen) atoms. The van der Waals surface area contributed by atoms with E-state index in [0.717, 1.165) is 57.8 Å². The van der Waals surface area contributed by atoms with Gasteiger partial charge in [0.15, 0.2) is 0 Å². The summed E-state index contributed by atoms with van der Waals surface area (Å²) in [6.07, 6.45) is 2.94. The number of nitrogens with zero attached hydrogens (tertiary/aromatic N) is 1. The second kappa shape index (κ2) is 12.4. The zero-order chi connectivity index (χ0) is 26.3. The van der Waals surface area contributed by atoms with E-state index < -0.39 is 16.2 Å². The first-order chi connectivity index (χ1) is 17.0. The molecule has 0 aliphatic carbocycles. The molecule has 0 bridgehead atoms. The molecule has 2 aromatic carbocycles. The van der Waals surface area contributed by atoms with Crippen LogP contribution in [0.5, 0.6) is 0 Å². The lowest BCUT2D eigenvalue weighted by Gasteiger charge is -2.42. The highest BCUT2D eigenvalue weighted by Crippen LogP contribution is 2.39. The summed E-state index contributed by atoms with van der Waals surface area (Å²) in [5, 5.41) is 13.6. The van der Waals surface area contributed by atoms with E-state index in [1.165, 1.54) is 23.4 Å². The molecule has 8 heteroatoms. The monoisotopic (exact) mass is 518 g/mol. The molecule has 1 saturated heterocycles. The second-order valence-electron chi connectivity index (χ2n) is 10.7. The van der Waals surface area contributed by atoms with Crippen molar-refractivity contribution in [2.75, 3.05) is 43.1 Å². The van der Waals surface area contributed by atoms with Crippen molar-refractivity contribution in [2.45, 2.75) is 64.4 Å². The van der Waals surface area contributed by atoms with Gasteiger partial charge in [-0.2, -0.15) is 8.42 Å². The van der Waals surface area contributed by atoms with Crippen LogP contribution in [0.15, 0.2) is 47.4 Å². The van der Waals surface area contributed by atoms with E-state index in [0.29, 0.717) is 17.9 Å². The maximum Gasteiger partial charge on any atom is 0.294 e. The third-order valence-electron chi connectivity index (χ3n) is 7.02. The van der Waals surface area contributed by atoms with Crippen LogP contribution in [0.3, 0.4) is 0 Å². The van der Waals surface area contributed by atoms with Gasteiger partial charge in [-0.3, -0.25) is 4.55 Å². The second-order valence-corrected chi connectivity index (χ2v) is 12.1. The Bertz CT molecular complexity index is 1080. The van der Waals surface area contributed by atoms with Crippen LogP contribution in [0.1, 0.15) is 64.2 Å². The molecule has 0 spiro atoms. The Hall–Kier alpha value is -2.13. The standard InChI is InChI=1S/C16H23NO5S.C12H19N/c1-16(5-8-22-9-6-16)11-17-7-4-15(18)13-10-12(23(19,20)21)2-3-14(13)17;1-4-11-5-7-12(8-6-11)13-9-10(2)3/h2-3,10,15,18H,4-9,11H2,1H3,(H,19,20,21);5-8,10,13H,4,9H2,1-3H3. The number of hydrogen-bond donors (Lipinski definition) is 3. The summed E-state index contributed by atoms with van der Waals surface area (Å²) < 4.78 is 37.3. The minimum absolute atomic E-state index is 0.152. The Kier molecular flexibility index (Phi) is 9.80. The fourth-order valence-electron chi connectivity index (χ4n) is 4.63.